The molecule has 0 saturated heterocycles. The molecule has 1 heterocycles. The number of hydrogen-bond donors (Lipinski definition) is 1. The van der Waals surface area contributed by atoms with Crippen LogP contribution in [-0.4, -0.2) is 47.7 Å². The predicted octanol–water partition coefficient (Wildman–Crippen LogP) is 3.05. The Balaban J connectivity index is 0.00000441. The lowest BCUT2D eigenvalue weighted by Crippen LogP contribution is -2.39. The molecule has 0 radical (unpaired) electrons. The summed E-state index contributed by atoms with van der Waals surface area (Å²) in [5, 5.41) is 7.28. The Labute approximate surface area is 151 Å². The van der Waals surface area contributed by atoms with Crippen LogP contribution in [0.25, 0.3) is 0 Å². The number of guanidine groups is 1. The molecule has 0 spiro atoms. The minimum atomic E-state index is 0. The zero-order valence-electron chi connectivity index (χ0n) is 14.4. The van der Waals surface area contributed by atoms with Gasteiger partial charge in [0.15, 0.2) is 11.8 Å². The second-order valence-electron chi connectivity index (χ2n) is 5.46. The summed E-state index contributed by atoms with van der Waals surface area (Å²) in [7, 11) is 2.07. The van der Waals surface area contributed by atoms with Gasteiger partial charge >= 0.3 is 0 Å². The van der Waals surface area contributed by atoms with E-state index in [0.29, 0.717) is 24.8 Å². The summed E-state index contributed by atoms with van der Waals surface area (Å²) in [5.74, 6) is 2.66. The van der Waals surface area contributed by atoms with Gasteiger partial charge in [0.2, 0.25) is 5.89 Å². The zero-order valence-corrected chi connectivity index (χ0v) is 16.8. The summed E-state index contributed by atoms with van der Waals surface area (Å²) in [5.41, 5.74) is 0. The normalized spacial score (nSPS) is 11.5. The fourth-order valence-electron chi connectivity index (χ4n) is 1.83. The van der Waals surface area contributed by atoms with E-state index in [1.807, 2.05) is 0 Å². The Morgan fingerprint density at radius 3 is 2.64 bits per heavy atom. The first-order valence-corrected chi connectivity index (χ1v) is 7.90. The molecule has 0 fully saturated rings. The highest BCUT2D eigenvalue weighted by Gasteiger charge is 2.09. The molecule has 6 nitrogen and oxygen atoms in total. The molecule has 128 valence electrons. The molecule has 22 heavy (non-hydrogen) atoms. The zero-order chi connectivity index (χ0) is 15.7. The Morgan fingerprint density at radius 2 is 2.09 bits per heavy atom. The Hall–Kier alpha value is -0.860. The van der Waals surface area contributed by atoms with Gasteiger partial charge in [0, 0.05) is 32.5 Å². The third-order valence-electron chi connectivity index (χ3n) is 3.13. The minimum absolute atomic E-state index is 0. The second kappa shape index (κ2) is 11.7. The van der Waals surface area contributed by atoms with Crippen molar-refractivity contribution in [2.45, 2.75) is 52.9 Å². The van der Waals surface area contributed by atoms with E-state index in [9.17, 15) is 0 Å². The molecule has 0 bridgehead atoms. The molecule has 1 aromatic rings. The van der Waals surface area contributed by atoms with Crippen molar-refractivity contribution in [1.82, 2.24) is 20.4 Å². The molecule has 0 aromatic carbocycles. The summed E-state index contributed by atoms with van der Waals surface area (Å²) >= 11 is 0. The summed E-state index contributed by atoms with van der Waals surface area (Å²) in [6.07, 6.45) is 3.03. The summed E-state index contributed by atoms with van der Waals surface area (Å²) < 4.78 is 5.23. The van der Waals surface area contributed by atoms with Crippen molar-refractivity contribution in [3.63, 3.8) is 0 Å². The summed E-state index contributed by atoms with van der Waals surface area (Å²) in [4.78, 5) is 11.2. The van der Waals surface area contributed by atoms with E-state index in [1.54, 1.807) is 0 Å². The maximum absolute atomic E-state index is 5.23. The van der Waals surface area contributed by atoms with E-state index in [1.165, 1.54) is 12.8 Å². The molecular formula is C15H30IN5O. The standard InChI is InChI=1S/C15H29N5O.HI/c1-6-8-11-20(5)15(16-7-2)17-10-9-13-18-14(12(3)4)19-21-13;/h12H,6-11H2,1-5H3,(H,16,17);1H. The largest absolute Gasteiger partial charge is 0.357 e. The highest BCUT2D eigenvalue weighted by molar-refractivity contribution is 14.0. The topological polar surface area (TPSA) is 66.5 Å². The monoisotopic (exact) mass is 423 g/mol. The fourth-order valence-corrected chi connectivity index (χ4v) is 1.83. The third kappa shape index (κ3) is 7.42. The Kier molecular flexibility index (Phi) is 11.2. The molecule has 7 heteroatoms. The van der Waals surface area contributed by atoms with Crippen LogP contribution in [0.3, 0.4) is 0 Å². The van der Waals surface area contributed by atoms with Crippen LogP contribution in [-0.2, 0) is 6.42 Å². The maximum Gasteiger partial charge on any atom is 0.228 e. The molecular weight excluding hydrogens is 393 g/mol. The van der Waals surface area contributed by atoms with E-state index < -0.39 is 0 Å². The molecule has 1 rings (SSSR count). The minimum Gasteiger partial charge on any atom is -0.357 e. The maximum atomic E-state index is 5.23. The van der Waals surface area contributed by atoms with E-state index in [2.05, 4.69) is 60.1 Å². The first kappa shape index (κ1) is 21.1. The number of rotatable bonds is 8. The van der Waals surface area contributed by atoms with E-state index in [0.717, 1.165) is 24.9 Å². The quantitative estimate of drug-likeness (QED) is 0.396. The van der Waals surface area contributed by atoms with Gasteiger partial charge in [-0.25, -0.2) is 0 Å². The van der Waals surface area contributed by atoms with Gasteiger partial charge in [-0.05, 0) is 13.3 Å². The van der Waals surface area contributed by atoms with Crippen LogP contribution in [0.4, 0.5) is 0 Å². The average Bonchev–Trinajstić information content (AvgIpc) is 2.93. The van der Waals surface area contributed by atoms with Gasteiger partial charge in [-0.3, -0.25) is 4.99 Å². The molecule has 0 unspecified atom stereocenters. The van der Waals surface area contributed by atoms with E-state index in [-0.39, 0.29) is 24.0 Å². The molecule has 1 N–H and O–H groups in total. The van der Waals surface area contributed by atoms with Gasteiger partial charge in [0.25, 0.3) is 0 Å². The predicted molar refractivity (Wildman–Crippen MR) is 101 cm³/mol. The van der Waals surface area contributed by atoms with Crippen molar-refractivity contribution in [3.8, 4) is 0 Å². The van der Waals surface area contributed by atoms with Crippen molar-refractivity contribution >= 4 is 29.9 Å². The van der Waals surface area contributed by atoms with E-state index >= 15 is 0 Å². The number of halogens is 1. The smallest absolute Gasteiger partial charge is 0.228 e. The lowest BCUT2D eigenvalue weighted by Gasteiger charge is -2.21. The van der Waals surface area contributed by atoms with Gasteiger partial charge in [-0.2, -0.15) is 4.98 Å². The number of nitrogens with zero attached hydrogens (tertiary/aromatic N) is 4. The summed E-state index contributed by atoms with van der Waals surface area (Å²) in [6, 6.07) is 0. The second-order valence-corrected chi connectivity index (χ2v) is 5.46. The highest BCUT2D eigenvalue weighted by Crippen LogP contribution is 2.09. The molecule has 0 aliphatic rings. The van der Waals surface area contributed by atoms with Gasteiger partial charge in [-0.15, -0.1) is 24.0 Å². The van der Waals surface area contributed by atoms with Crippen molar-refractivity contribution in [2.24, 2.45) is 4.99 Å². The number of aromatic nitrogens is 2. The molecule has 0 amide bonds. The third-order valence-corrected chi connectivity index (χ3v) is 3.13. The summed E-state index contributed by atoms with van der Waals surface area (Å²) in [6.45, 7) is 10.9. The molecule has 0 atom stereocenters. The average molecular weight is 423 g/mol. The lowest BCUT2D eigenvalue weighted by atomic mass is 10.2. The van der Waals surface area contributed by atoms with Crippen LogP contribution < -0.4 is 5.32 Å². The van der Waals surface area contributed by atoms with Gasteiger partial charge in [0.05, 0.1) is 6.54 Å². The van der Waals surface area contributed by atoms with Crippen LogP contribution in [0.15, 0.2) is 9.52 Å². The van der Waals surface area contributed by atoms with Gasteiger partial charge < -0.3 is 14.7 Å². The van der Waals surface area contributed by atoms with Crippen LogP contribution in [0.5, 0.6) is 0 Å². The number of hydrogen-bond acceptors (Lipinski definition) is 4. The van der Waals surface area contributed by atoms with Crippen LogP contribution >= 0.6 is 24.0 Å². The van der Waals surface area contributed by atoms with Gasteiger partial charge in [-0.1, -0.05) is 32.3 Å². The molecule has 1 aromatic heterocycles. The highest BCUT2D eigenvalue weighted by atomic mass is 127. The van der Waals surface area contributed by atoms with Crippen LogP contribution in [0.1, 0.15) is 58.2 Å². The fraction of sp³-hybridized carbons (Fsp3) is 0.800. The Morgan fingerprint density at radius 1 is 1.36 bits per heavy atom. The van der Waals surface area contributed by atoms with Crippen molar-refractivity contribution in [3.05, 3.63) is 11.7 Å². The number of unbranched alkanes of at least 4 members (excludes halogenated alkanes) is 1. The lowest BCUT2D eigenvalue weighted by molar-refractivity contribution is 0.372. The number of nitrogens with one attached hydrogen (secondary N) is 1. The molecule has 0 aliphatic heterocycles. The van der Waals surface area contributed by atoms with Gasteiger partial charge in [0.1, 0.15) is 0 Å². The molecule has 0 aliphatic carbocycles. The van der Waals surface area contributed by atoms with Crippen molar-refractivity contribution in [1.29, 1.82) is 0 Å². The SMILES string of the molecule is CCCCN(C)C(=NCCc1nc(C(C)C)no1)NCC.I. The van der Waals surface area contributed by atoms with Crippen molar-refractivity contribution < 1.29 is 4.52 Å². The van der Waals surface area contributed by atoms with E-state index in [4.69, 9.17) is 4.52 Å². The van der Waals surface area contributed by atoms with Crippen LogP contribution in [0, 0.1) is 0 Å². The van der Waals surface area contributed by atoms with Crippen molar-refractivity contribution in [2.75, 3.05) is 26.7 Å². The first-order chi connectivity index (χ1) is 10.1. The van der Waals surface area contributed by atoms with Crippen LogP contribution in [0.2, 0.25) is 0 Å². The first-order valence-electron chi connectivity index (χ1n) is 7.90. The Bertz CT molecular complexity index is 433. The molecule has 0 saturated carbocycles. The number of aliphatic imine (C=N–C) groups is 1.